The number of rotatable bonds is 7. The maximum absolute atomic E-state index is 13.0. The molecular weight excluding hydrogens is 394 g/mol. The second kappa shape index (κ2) is 8.05. The van der Waals surface area contributed by atoms with Gasteiger partial charge in [0.2, 0.25) is 17.9 Å². The lowest BCUT2D eigenvalue weighted by molar-refractivity contribution is -0.695. The van der Waals surface area contributed by atoms with Crippen molar-refractivity contribution in [3.8, 4) is 0 Å². The van der Waals surface area contributed by atoms with Gasteiger partial charge in [0.1, 0.15) is 18.3 Å². The van der Waals surface area contributed by atoms with Gasteiger partial charge < -0.3 is 9.32 Å². The van der Waals surface area contributed by atoms with Crippen LogP contribution in [0.25, 0.3) is 0 Å². The number of imidazole rings is 1. The first-order valence-corrected chi connectivity index (χ1v) is 9.64. The predicted octanol–water partition coefficient (Wildman–Crippen LogP) is 2.59. The molecule has 148 valence electrons. The van der Waals surface area contributed by atoms with Crippen molar-refractivity contribution < 1.29 is 23.4 Å². The fourth-order valence-corrected chi connectivity index (χ4v) is 3.84. The van der Waals surface area contributed by atoms with Crippen LogP contribution in [0.2, 0.25) is 5.02 Å². The van der Waals surface area contributed by atoms with Crippen LogP contribution in [0.4, 0.5) is 0 Å². The number of halogens is 1. The van der Waals surface area contributed by atoms with Gasteiger partial charge in [0, 0.05) is 18.0 Å². The summed E-state index contributed by atoms with van der Waals surface area (Å²) in [5, 5.41) is 0.536. The number of nitrogens with zero attached hydrogens (tertiary/aromatic N) is 2. The summed E-state index contributed by atoms with van der Waals surface area (Å²) in [7, 11) is 0. The molecule has 1 aromatic carbocycles. The molecule has 1 aliphatic heterocycles. The molecule has 1 amide bonds. The molecule has 1 N–H and O–H groups in total. The highest BCUT2D eigenvalue weighted by molar-refractivity contribution is 6.43. The van der Waals surface area contributed by atoms with Crippen molar-refractivity contribution in [2.75, 3.05) is 6.54 Å². The highest BCUT2D eigenvalue weighted by Crippen LogP contribution is 2.38. The number of Topliss-reactive ketones (excluding diaryl/α,β-unsaturated/α-hetero) is 2. The van der Waals surface area contributed by atoms with Gasteiger partial charge in [-0.25, -0.2) is 4.57 Å². The van der Waals surface area contributed by atoms with Gasteiger partial charge in [-0.1, -0.05) is 23.7 Å². The van der Waals surface area contributed by atoms with Crippen LogP contribution in [0.1, 0.15) is 28.6 Å². The number of aromatic nitrogens is 2. The molecule has 3 aromatic rings. The van der Waals surface area contributed by atoms with Crippen molar-refractivity contribution in [1.29, 1.82) is 0 Å². The number of furan rings is 1. The number of benzene rings is 1. The third kappa shape index (κ3) is 3.73. The summed E-state index contributed by atoms with van der Waals surface area (Å²) in [6.07, 6.45) is 7.51. The molecule has 0 saturated carbocycles. The SMILES string of the molecule is O=C1C(=O)N(CCC[n+]2cc[nH]c2)C(c2ccc(Cl)cc2)C1C(=O)c1ccco1. The number of aromatic amines is 1. The van der Waals surface area contributed by atoms with E-state index in [1.54, 1.807) is 36.5 Å². The Morgan fingerprint density at radius 2 is 2.00 bits per heavy atom. The van der Waals surface area contributed by atoms with Crippen LogP contribution in [-0.4, -0.2) is 33.9 Å². The number of amides is 1. The minimum Gasteiger partial charge on any atom is -0.461 e. The third-order valence-corrected chi connectivity index (χ3v) is 5.33. The van der Waals surface area contributed by atoms with E-state index in [0.717, 1.165) is 0 Å². The Bertz CT molecular complexity index is 1010. The van der Waals surface area contributed by atoms with Crippen LogP contribution in [0.3, 0.4) is 0 Å². The van der Waals surface area contributed by atoms with E-state index in [2.05, 4.69) is 4.98 Å². The topological polar surface area (TPSA) is 87.3 Å². The molecular formula is C21H19ClN3O4+. The molecule has 29 heavy (non-hydrogen) atoms. The molecule has 2 aromatic heterocycles. The first-order chi connectivity index (χ1) is 14.1. The van der Waals surface area contributed by atoms with Crippen molar-refractivity contribution in [1.82, 2.24) is 9.88 Å². The smallest absolute Gasteiger partial charge is 0.291 e. The number of hydrogen-bond donors (Lipinski definition) is 1. The molecule has 1 aliphatic rings. The van der Waals surface area contributed by atoms with Crippen LogP contribution in [0.15, 0.2) is 65.8 Å². The minimum absolute atomic E-state index is 0.0693. The molecule has 1 saturated heterocycles. The van der Waals surface area contributed by atoms with E-state index >= 15 is 0 Å². The summed E-state index contributed by atoms with van der Waals surface area (Å²) in [6, 6.07) is 9.26. The second-order valence-corrected chi connectivity index (χ2v) is 7.32. The number of likely N-dealkylation sites (tertiary alicyclic amines) is 1. The summed E-state index contributed by atoms with van der Waals surface area (Å²) in [4.78, 5) is 43.0. The summed E-state index contributed by atoms with van der Waals surface area (Å²) >= 11 is 6.00. The molecule has 4 rings (SSSR count). The summed E-state index contributed by atoms with van der Waals surface area (Å²) < 4.78 is 7.15. The van der Waals surface area contributed by atoms with Crippen molar-refractivity contribution in [3.63, 3.8) is 0 Å². The number of hydrogen-bond acceptors (Lipinski definition) is 4. The standard InChI is InChI=1S/C21H18ClN3O4/c22-15-6-4-14(5-7-15)18-17(19(26)16-3-1-12-29-16)20(27)21(28)25(18)10-2-9-24-11-8-23-13-24/h1,3-8,11-13,17-18H,2,9-10H2/p+1. The van der Waals surface area contributed by atoms with E-state index < -0.39 is 29.4 Å². The Kier molecular flexibility index (Phi) is 5.31. The van der Waals surface area contributed by atoms with E-state index in [0.29, 0.717) is 30.1 Å². The maximum Gasteiger partial charge on any atom is 0.291 e. The van der Waals surface area contributed by atoms with E-state index in [1.165, 1.54) is 17.2 Å². The van der Waals surface area contributed by atoms with Crippen LogP contribution in [0, 0.1) is 5.92 Å². The van der Waals surface area contributed by atoms with Gasteiger partial charge >= 0.3 is 0 Å². The average molecular weight is 413 g/mol. The minimum atomic E-state index is -1.14. The number of carbonyl (C=O) groups is 3. The lowest BCUT2D eigenvalue weighted by atomic mass is 9.88. The Morgan fingerprint density at radius 1 is 1.21 bits per heavy atom. The molecule has 7 nitrogen and oxygen atoms in total. The Labute approximate surface area is 171 Å². The summed E-state index contributed by atoms with van der Waals surface area (Å²) in [5.74, 6) is -2.92. The van der Waals surface area contributed by atoms with E-state index in [-0.39, 0.29) is 5.76 Å². The predicted molar refractivity (Wildman–Crippen MR) is 103 cm³/mol. The normalized spacial score (nSPS) is 19.1. The van der Waals surface area contributed by atoms with E-state index in [9.17, 15) is 14.4 Å². The van der Waals surface area contributed by atoms with Crippen LogP contribution in [-0.2, 0) is 16.1 Å². The van der Waals surface area contributed by atoms with Gasteiger partial charge in [-0.3, -0.25) is 19.4 Å². The van der Waals surface area contributed by atoms with Crippen LogP contribution < -0.4 is 4.57 Å². The number of H-pyrrole nitrogens is 1. The number of aryl methyl sites for hydroxylation is 1. The fourth-order valence-electron chi connectivity index (χ4n) is 3.71. The zero-order chi connectivity index (χ0) is 20.4. The molecule has 2 unspecified atom stereocenters. The highest BCUT2D eigenvalue weighted by atomic mass is 35.5. The van der Waals surface area contributed by atoms with E-state index in [1.807, 2.05) is 17.1 Å². The van der Waals surface area contributed by atoms with Gasteiger partial charge in [-0.15, -0.1) is 0 Å². The lowest BCUT2D eigenvalue weighted by Gasteiger charge is -2.26. The highest BCUT2D eigenvalue weighted by Gasteiger charge is 2.52. The third-order valence-electron chi connectivity index (χ3n) is 5.08. The molecule has 0 aliphatic carbocycles. The molecule has 0 bridgehead atoms. The zero-order valence-corrected chi connectivity index (χ0v) is 16.2. The maximum atomic E-state index is 13.0. The molecule has 8 heteroatoms. The van der Waals surface area contributed by atoms with Gasteiger partial charge in [0.15, 0.2) is 5.76 Å². The molecule has 2 atom stereocenters. The van der Waals surface area contributed by atoms with Gasteiger partial charge in [0.05, 0.1) is 18.8 Å². The lowest BCUT2D eigenvalue weighted by Crippen LogP contribution is -2.36. The largest absolute Gasteiger partial charge is 0.461 e. The zero-order valence-electron chi connectivity index (χ0n) is 15.5. The van der Waals surface area contributed by atoms with Gasteiger partial charge in [0.25, 0.3) is 5.91 Å². The van der Waals surface area contributed by atoms with Gasteiger partial charge in [-0.05, 0) is 29.8 Å². The molecule has 1 fully saturated rings. The van der Waals surface area contributed by atoms with Crippen molar-refractivity contribution >= 4 is 29.1 Å². The first-order valence-electron chi connectivity index (χ1n) is 9.26. The number of carbonyl (C=O) groups excluding carboxylic acids is 3. The van der Waals surface area contributed by atoms with Gasteiger partial charge in [-0.2, -0.15) is 0 Å². The summed E-state index contributed by atoms with van der Waals surface area (Å²) in [5.41, 5.74) is 0.688. The Balaban J connectivity index is 1.64. The molecule has 0 spiro atoms. The molecule has 3 heterocycles. The van der Waals surface area contributed by atoms with Crippen molar-refractivity contribution in [2.45, 2.75) is 19.0 Å². The second-order valence-electron chi connectivity index (χ2n) is 6.88. The molecule has 0 radical (unpaired) electrons. The summed E-state index contributed by atoms with van der Waals surface area (Å²) in [6.45, 7) is 1.02. The average Bonchev–Trinajstić information content (AvgIpc) is 3.47. The number of ketones is 2. The number of nitrogens with one attached hydrogen (secondary N) is 1. The Morgan fingerprint density at radius 3 is 2.66 bits per heavy atom. The van der Waals surface area contributed by atoms with Crippen LogP contribution >= 0.6 is 11.6 Å². The first kappa shape index (κ1) is 19.1. The monoisotopic (exact) mass is 412 g/mol. The quantitative estimate of drug-likeness (QED) is 0.279. The fraction of sp³-hybridized carbons (Fsp3) is 0.238. The van der Waals surface area contributed by atoms with Crippen molar-refractivity contribution in [3.05, 3.63) is 77.7 Å². The van der Waals surface area contributed by atoms with E-state index in [4.69, 9.17) is 16.0 Å². The van der Waals surface area contributed by atoms with Crippen molar-refractivity contribution in [2.24, 2.45) is 5.92 Å². The van der Waals surface area contributed by atoms with Crippen LogP contribution in [0.5, 0.6) is 0 Å². The Hall–Kier alpha value is -3.19.